The molecule has 1 aromatic carbocycles. The number of carbonyl (C=O) groups excluding carboxylic acids is 4. The van der Waals surface area contributed by atoms with Crippen LogP contribution in [0.2, 0.25) is 0 Å². The van der Waals surface area contributed by atoms with E-state index in [9.17, 15) is 19.2 Å². The molecule has 0 aliphatic carbocycles. The van der Waals surface area contributed by atoms with E-state index in [1.165, 1.54) is 4.90 Å². The lowest BCUT2D eigenvalue weighted by molar-refractivity contribution is -0.166. The van der Waals surface area contributed by atoms with E-state index in [4.69, 9.17) is 4.74 Å². The third-order valence-electron chi connectivity index (χ3n) is 7.09. The van der Waals surface area contributed by atoms with Gasteiger partial charge < -0.3 is 25.6 Å². The average Bonchev–Trinajstić information content (AvgIpc) is 2.98. The highest BCUT2D eigenvalue weighted by molar-refractivity contribution is 6.01. The van der Waals surface area contributed by atoms with Crippen LogP contribution in [0.15, 0.2) is 79.4 Å². The normalized spacial score (nSPS) is 16.9. The maximum Gasteiger partial charge on any atom is 0.408 e. The first kappa shape index (κ1) is 31.1. The summed E-state index contributed by atoms with van der Waals surface area (Å²) in [6.45, 7) is 5.76. The Morgan fingerprint density at radius 3 is 2.02 bits per heavy atom. The minimum absolute atomic E-state index is 0.0302. The number of ether oxygens (including phenoxy) is 1. The summed E-state index contributed by atoms with van der Waals surface area (Å²) >= 11 is 0. The molecule has 0 radical (unpaired) electrons. The Hall–Kier alpha value is -4.80. The number of alkyl carbamates (subject to hydrolysis) is 1. The van der Waals surface area contributed by atoms with Gasteiger partial charge in [-0.2, -0.15) is 0 Å². The molecule has 3 N–H and O–H groups in total. The smallest absolute Gasteiger partial charge is 0.408 e. The van der Waals surface area contributed by atoms with Crippen LogP contribution in [0.4, 0.5) is 4.79 Å². The molecule has 4 rings (SSSR count). The maximum absolute atomic E-state index is 13.8. The van der Waals surface area contributed by atoms with Crippen molar-refractivity contribution in [1.29, 1.82) is 0 Å². The van der Waals surface area contributed by atoms with E-state index in [0.29, 0.717) is 6.42 Å². The fourth-order valence-corrected chi connectivity index (χ4v) is 4.94. The minimum atomic E-state index is -1.14. The Balaban J connectivity index is 1.51. The summed E-state index contributed by atoms with van der Waals surface area (Å²) < 4.78 is 5.39. The predicted octanol–water partition coefficient (Wildman–Crippen LogP) is 2.91. The molecule has 11 nitrogen and oxygen atoms in total. The van der Waals surface area contributed by atoms with E-state index in [1.54, 1.807) is 57.7 Å². The first-order chi connectivity index (χ1) is 20.6. The summed E-state index contributed by atoms with van der Waals surface area (Å²) in [5, 5.41) is 8.47. The average molecular weight is 587 g/mol. The molecular weight excluding hydrogens is 548 g/mol. The number of pyridine rings is 2. The summed E-state index contributed by atoms with van der Waals surface area (Å²) in [4.78, 5) is 62.2. The molecule has 4 amide bonds. The highest BCUT2D eigenvalue weighted by atomic mass is 16.6. The van der Waals surface area contributed by atoms with Gasteiger partial charge in [0.25, 0.3) is 0 Å². The van der Waals surface area contributed by atoms with E-state index in [0.717, 1.165) is 16.7 Å². The largest absolute Gasteiger partial charge is 0.444 e. The summed E-state index contributed by atoms with van der Waals surface area (Å²) in [6, 6.07) is 15.6. The molecule has 2 atom stereocenters. The molecule has 2 aromatic heterocycles. The molecule has 3 heterocycles. The topological polar surface area (TPSA) is 143 Å². The molecule has 0 bridgehead atoms. The van der Waals surface area contributed by atoms with Crippen molar-refractivity contribution in [1.82, 2.24) is 30.8 Å². The molecule has 226 valence electrons. The lowest BCUT2D eigenvalue weighted by Crippen LogP contribution is -2.71. The molecular formula is C32H38N6O5. The second-order valence-electron chi connectivity index (χ2n) is 11.5. The number of β-lactam (4-membered cyclic amide) rings is 1. The van der Waals surface area contributed by atoms with Gasteiger partial charge in [0, 0.05) is 50.8 Å². The van der Waals surface area contributed by atoms with Gasteiger partial charge >= 0.3 is 6.09 Å². The molecule has 11 heteroatoms. The van der Waals surface area contributed by atoms with E-state index >= 15 is 0 Å². The molecule has 1 aliphatic heterocycles. The highest BCUT2D eigenvalue weighted by Crippen LogP contribution is 2.36. The first-order valence-corrected chi connectivity index (χ1v) is 14.2. The molecule has 1 aliphatic rings. The predicted molar refractivity (Wildman–Crippen MR) is 159 cm³/mol. The fraction of sp³-hybridized carbons (Fsp3) is 0.375. The Morgan fingerprint density at radius 2 is 1.47 bits per heavy atom. The van der Waals surface area contributed by atoms with E-state index in [1.807, 2.05) is 42.5 Å². The number of nitrogens with zero attached hydrogens (tertiary/aromatic N) is 3. The number of carbonyl (C=O) groups is 4. The van der Waals surface area contributed by atoms with Gasteiger partial charge in [0.05, 0.1) is 6.42 Å². The van der Waals surface area contributed by atoms with Crippen molar-refractivity contribution in [3.63, 3.8) is 0 Å². The van der Waals surface area contributed by atoms with Gasteiger partial charge in [-0.25, -0.2) is 4.79 Å². The SMILES string of the molecule is CC(C)(C)OC(=O)N[C@@H](CCN1C(=O)C[C@@]1(Cc1ccccc1)C(=O)NCc1ccncc1)C(=O)NCc1ccncc1. The standard InChI is InChI=1S/C32H38N6O5/c1-31(2,3)43-30(42)37-26(28(40)35-21-24-9-14-33-15-10-24)13-18-38-27(39)20-32(38,19-23-7-5-4-6-8-23)29(41)36-22-25-11-16-34-17-12-25/h4-12,14-17,26H,13,18-22H2,1-3H3,(H,35,40)(H,36,41)(H,37,42)/t26-,32-/m0/s1. The fourth-order valence-electron chi connectivity index (χ4n) is 4.94. The van der Waals surface area contributed by atoms with Gasteiger partial charge in [-0.3, -0.25) is 24.4 Å². The van der Waals surface area contributed by atoms with Crippen molar-refractivity contribution in [2.45, 2.75) is 70.3 Å². The van der Waals surface area contributed by atoms with Crippen LogP contribution in [0.25, 0.3) is 0 Å². The maximum atomic E-state index is 13.8. The molecule has 1 fully saturated rings. The summed E-state index contributed by atoms with van der Waals surface area (Å²) in [6.07, 6.45) is 6.20. The van der Waals surface area contributed by atoms with Gasteiger partial charge in [0.1, 0.15) is 17.2 Å². The summed E-state index contributed by atoms with van der Waals surface area (Å²) in [5.74, 6) is -0.929. The van der Waals surface area contributed by atoms with Crippen molar-refractivity contribution >= 4 is 23.8 Å². The second kappa shape index (κ2) is 13.9. The molecule has 0 spiro atoms. The second-order valence-corrected chi connectivity index (χ2v) is 11.5. The Morgan fingerprint density at radius 1 is 0.884 bits per heavy atom. The summed E-state index contributed by atoms with van der Waals surface area (Å²) in [5.41, 5.74) is 0.702. The Labute approximate surface area is 251 Å². The van der Waals surface area contributed by atoms with Crippen LogP contribution in [0.3, 0.4) is 0 Å². The third kappa shape index (κ3) is 8.60. The number of aromatic nitrogens is 2. The van der Waals surface area contributed by atoms with Crippen molar-refractivity contribution in [3.05, 3.63) is 96.1 Å². The van der Waals surface area contributed by atoms with Crippen LogP contribution in [0.5, 0.6) is 0 Å². The van der Waals surface area contributed by atoms with Crippen LogP contribution >= 0.6 is 0 Å². The van der Waals surface area contributed by atoms with Crippen molar-refractivity contribution < 1.29 is 23.9 Å². The van der Waals surface area contributed by atoms with E-state index < -0.39 is 29.2 Å². The zero-order valence-corrected chi connectivity index (χ0v) is 24.7. The van der Waals surface area contributed by atoms with Crippen LogP contribution in [0, 0.1) is 0 Å². The third-order valence-corrected chi connectivity index (χ3v) is 7.09. The van der Waals surface area contributed by atoms with Gasteiger partial charge in [0.15, 0.2) is 0 Å². The number of amides is 4. The van der Waals surface area contributed by atoms with Crippen LogP contribution < -0.4 is 16.0 Å². The number of rotatable bonds is 12. The Bertz CT molecular complexity index is 1400. The zero-order valence-electron chi connectivity index (χ0n) is 24.7. The summed E-state index contributed by atoms with van der Waals surface area (Å²) in [7, 11) is 0. The van der Waals surface area contributed by atoms with Gasteiger partial charge in [-0.1, -0.05) is 30.3 Å². The van der Waals surface area contributed by atoms with Crippen molar-refractivity contribution in [2.75, 3.05) is 6.54 Å². The minimum Gasteiger partial charge on any atom is -0.444 e. The van der Waals surface area contributed by atoms with E-state index in [2.05, 4.69) is 25.9 Å². The monoisotopic (exact) mass is 586 g/mol. The van der Waals surface area contributed by atoms with Crippen molar-refractivity contribution in [2.24, 2.45) is 0 Å². The van der Waals surface area contributed by atoms with Crippen LogP contribution in [0.1, 0.15) is 50.3 Å². The van der Waals surface area contributed by atoms with Crippen LogP contribution in [-0.2, 0) is 38.6 Å². The van der Waals surface area contributed by atoms with Gasteiger partial charge in [0.2, 0.25) is 17.7 Å². The lowest BCUT2D eigenvalue weighted by atomic mass is 9.77. The number of benzene rings is 1. The van der Waals surface area contributed by atoms with Crippen molar-refractivity contribution in [3.8, 4) is 0 Å². The number of hydrogen-bond acceptors (Lipinski definition) is 7. The molecule has 43 heavy (non-hydrogen) atoms. The molecule has 3 aromatic rings. The number of nitrogens with one attached hydrogen (secondary N) is 3. The van der Waals surface area contributed by atoms with Gasteiger partial charge in [-0.05, 0) is 68.1 Å². The highest BCUT2D eigenvalue weighted by Gasteiger charge is 2.56. The van der Waals surface area contributed by atoms with Gasteiger partial charge in [-0.15, -0.1) is 0 Å². The first-order valence-electron chi connectivity index (χ1n) is 14.2. The van der Waals surface area contributed by atoms with Crippen LogP contribution in [-0.4, -0.2) is 62.4 Å². The van der Waals surface area contributed by atoms with E-state index in [-0.39, 0.29) is 44.3 Å². The Kier molecular flexibility index (Phi) is 10.1. The molecule has 0 unspecified atom stereocenters. The number of likely N-dealkylation sites (tertiary alicyclic amines) is 1. The molecule has 0 saturated carbocycles. The number of hydrogen-bond donors (Lipinski definition) is 3. The molecule has 1 saturated heterocycles. The zero-order chi connectivity index (χ0) is 30.9. The quantitative estimate of drug-likeness (QED) is 0.277. The lowest BCUT2D eigenvalue weighted by Gasteiger charge is -2.51.